The summed E-state index contributed by atoms with van der Waals surface area (Å²) in [6.45, 7) is 13.1. The standard InChI is InChI=1S/C19H31N3O.ClH/c1-18(2,3)14-6-8-15(9-7-14)21-17(23)12-22-11-10-16(20)19(4,5)13-22;/h6-9,16H,10-13,20H2,1-5H3,(H,21,23);1H. The van der Waals surface area contributed by atoms with Gasteiger partial charge in [-0.15, -0.1) is 12.4 Å². The molecule has 1 aromatic rings. The van der Waals surface area contributed by atoms with Gasteiger partial charge in [0.05, 0.1) is 6.54 Å². The number of nitrogens with two attached hydrogens (primary N) is 1. The Kier molecular flexibility index (Phi) is 6.85. The van der Waals surface area contributed by atoms with Gasteiger partial charge in [0, 0.05) is 24.8 Å². The molecule has 0 aliphatic carbocycles. The first-order valence-corrected chi connectivity index (χ1v) is 8.46. The molecular formula is C19H32ClN3O. The molecule has 1 heterocycles. The number of likely N-dealkylation sites (tertiary alicyclic amines) is 1. The highest BCUT2D eigenvalue weighted by atomic mass is 35.5. The fraction of sp³-hybridized carbons (Fsp3) is 0.632. The summed E-state index contributed by atoms with van der Waals surface area (Å²) in [6, 6.07) is 8.34. The zero-order chi connectivity index (χ0) is 17.3. The summed E-state index contributed by atoms with van der Waals surface area (Å²) < 4.78 is 0. The van der Waals surface area contributed by atoms with Gasteiger partial charge < -0.3 is 11.1 Å². The maximum atomic E-state index is 12.3. The molecule has 24 heavy (non-hydrogen) atoms. The van der Waals surface area contributed by atoms with Gasteiger partial charge in [-0.05, 0) is 34.9 Å². The summed E-state index contributed by atoms with van der Waals surface area (Å²) in [6.07, 6.45) is 0.945. The minimum Gasteiger partial charge on any atom is -0.327 e. The second-order valence-electron chi connectivity index (χ2n) is 8.47. The zero-order valence-corrected chi connectivity index (χ0v) is 16.4. The van der Waals surface area contributed by atoms with E-state index < -0.39 is 0 Å². The number of nitrogens with zero attached hydrogens (tertiary/aromatic N) is 1. The number of anilines is 1. The van der Waals surface area contributed by atoms with Crippen molar-refractivity contribution in [3.63, 3.8) is 0 Å². The van der Waals surface area contributed by atoms with E-state index in [-0.39, 0.29) is 35.2 Å². The highest BCUT2D eigenvalue weighted by molar-refractivity contribution is 5.92. The zero-order valence-electron chi connectivity index (χ0n) is 15.6. The fourth-order valence-corrected chi connectivity index (χ4v) is 3.08. The molecule has 1 saturated heterocycles. The van der Waals surface area contributed by atoms with Crippen molar-refractivity contribution < 1.29 is 4.79 Å². The smallest absolute Gasteiger partial charge is 0.238 e. The molecule has 0 saturated carbocycles. The molecule has 136 valence electrons. The van der Waals surface area contributed by atoms with E-state index in [1.54, 1.807) is 0 Å². The van der Waals surface area contributed by atoms with E-state index in [9.17, 15) is 4.79 Å². The molecule has 1 amide bonds. The average molecular weight is 354 g/mol. The highest BCUT2D eigenvalue weighted by Crippen LogP contribution is 2.27. The number of carbonyl (C=O) groups is 1. The molecule has 0 aromatic heterocycles. The lowest BCUT2D eigenvalue weighted by Crippen LogP contribution is -2.53. The Hall–Kier alpha value is -1.10. The predicted octanol–water partition coefficient (Wildman–Crippen LogP) is 3.40. The van der Waals surface area contributed by atoms with E-state index in [1.165, 1.54) is 5.56 Å². The number of amides is 1. The molecule has 0 radical (unpaired) electrons. The topological polar surface area (TPSA) is 58.4 Å². The molecule has 0 spiro atoms. The van der Waals surface area contributed by atoms with Gasteiger partial charge in [-0.1, -0.05) is 46.8 Å². The van der Waals surface area contributed by atoms with Crippen LogP contribution in [0.5, 0.6) is 0 Å². The number of hydrogen-bond acceptors (Lipinski definition) is 3. The first-order chi connectivity index (χ1) is 10.6. The normalized spacial score (nSPS) is 21.0. The SMILES string of the molecule is CC(C)(C)c1ccc(NC(=O)CN2CCC(N)C(C)(C)C2)cc1.Cl. The third kappa shape index (κ3) is 5.47. The summed E-state index contributed by atoms with van der Waals surface area (Å²) in [5.41, 5.74) is 8.46. The molecule has 5 heteroatoms. The second-order valence-corrected chi connectivity index (χ2v) is 8.47. The molecule has 1 atom stereocenters. The lowest BCUT2D eigenvalue weighted by Gasteiger charge is -2.42. The van der Waals surface area contributed by atoms with E-state index >= 15 is 0 Å². The van der Waals surface area contributed by atoms with Crippen molar-refractivity contribution in [2.45, 2.75) is 52.5 Å². The number of benzene rings is 1. The van der Waals surface area contributed by atoms with Crippen LogP contribution in [0.15, 0.2) is 24.3 Å². The lowest BCUT2D eigenvalue weighted by molar-refractivity contribution is -0.118. The number of hydrogen-bond donors (Lipinski definition) is 2. The lowest BCUT2D eigenvalue weighted by atomic mass is 9.80. The number of piperidine rings is 1. The van der Waals surface area contributed by atoms with Crippen LogP contribution in [0.1, 0.15) is 46.6 Å². The minimum atomic E-state index is 0. The minimum absolute atomic E-state index is 0. The monoisotopic (exact) mass is 353 g/mol. The van der Waals surface area contributed by atoms with Gasteiger partial charge in [-0.25, -0.2) is 0 Å². The van der Waals surface area contributed by atoms with Crippen LogP contribution in [-0.4, -0.2) is 36.5 Å². The summed E-state index contributed by atoms with van der Waals surface area (Å²) >= 11 is 0. The fourth-order valence-electron chi connectivity index (χ4n) is 3.08. The largest absolute Gasteiger partial charge is 0.327 e. The summed E-state index contributed by atoms with van der Waals surface area (Å²) in [5, 5.41) is 2.99. The predicted molar refractivity (Wildman–Crippen MR) is 104 cm³/mol. The van der Waals surface area contributed by atoms with E-state index in [0.29, 0.717) is 6.54 Å². The van der Waals surface area contributed by atoms with E-state index in [0.717, 1.165) is 25.2 Å². The maximum Gasteiger partial charge on any atom is 0.238 e. The molecule has 1 fully saturated rings. The van der Waals surface area contributed by atoms with Crippen molar-refractivity contribution in [2.75, 3.05) is 25.0 Å². The average Bonchev–Trinajstić information content (AvgIpc) is 2.42. The quantitative estimate of drug-likeness (QED) is 0.875. The van der Waals surface area contributed by atoms with Crippen LogP contribution in [0.25, 0.3) is 0 Å². The third-order valence-electron chi connectivity index (χ3n) is 4.79. The number of carbonyl (C=O) groups excluding carboxylic acids is 1. The van der Waals surface area contributed by atoms with Crippen LogP contribution in [0.2, 0.25) is 0 Å². The summed E-state index contributed by atoms with van der Waals surface area (Å²) in [4.78, 5) is 14.5. The molecule has 2 rings (SSSR count). The summed E-state index contributed by atoms with van der Waals surface area (Å²) in [7, 11) is 0. The molecule has 1 aromatic carbocycles. The van der Waals surface area contributed by atoms with Gasteiger partial charge in [0.15, 0.2) is 0 Å². The molecular weight excluding hydrogens is 322 g/mol. The van der Waals surface area contributed by atoms with Crippen molar-refractivity contribution in [3.05, 3.63) is 29.8 Å². The Morgan fingerprint density at radius 3 is 2.38 bits per heavy atom. The van der Waals surface area contributed by atoms with Gasteiger partial charge in [-0.2, -0.15) is 0 Å². The van der Waals surface area contributed by atoms with Crippen LogP contribution < -0.4 is 11.1 Å². The Balaban J connectivity index is 0.00000288. The Labute approximate surface area is 152 Å². The molecule has 3 N–H and O–H groups in total. The van der Waals surface area contributed by atoms with Crippen LogP contribution in [-0.2, 0) is 10.2 Å². The molecule has 0 bridgehead atoms. The molecule has 1 aliphatic rings. The van der Waals surface area contributed by atoms with Gasteiger partial charge >= 0.3 is 0 Å². The second kappa shape index (κ2) is 7.85. The first-order valence-electron chi connectivity index (χ1n) is 8.46. The molecule has 1 unspecified atom stereocenters. The van der Waals surface area contributed by atoms with Crippen molar-refractivity contribution in [1.29, 1.82) is 0 Å². The van der Waals surface area contributed by atoms with E-state index in [4.69, 9.17) is 5.73 Å². The van der Waals surface area contributed by atoms with Gasteiger partial charge in [0.2, 0.25) is 5.91 Å². The highest BCUT2D eigenvalue weighted by Gasteiger charge is 2.33. The number of nitrogens with one attached hydrogen (secondary N) is 1. The summed E-state index contributed by atoms with van der Waals surface area (Å²) in [5.74, 6) is 0.0415. The Morgan fingerprint density at radius 2 is 1.88 bits per heavy atom. The van der Waals surface area contributed by atoms with Crippen LogP contribution in [0.4, 0.5) is 5.69 Å². The van der Waals surface area contributed by atoms with Crippen molar-refractivity contribution >= 4 is 24.0 Å². The molecule has 4 nitrogen and oxygen atoms in total. The third-order valence-corrected chi connectivity index (χ3v) is 4.79. The van der Waals surface area contributed by atoms with Gasteiger partial charge in [-0.3, -0.25) is 9.69 Å². The Morgan fingerprint density at radius 1 is 1.29 bits per heavy atom. The van der Waals surface area contributed by atoms with Crippen molar-refractivity contribution in [2.24, 2.45) is 11.1 Å². The van der Waals surface area contributed by atoms with E-state index in [2.05, 4.69) is 57.0 Å². The van der Waals surface area contributed by atoms with E-state index in [1.807, 2.05) is 12.1 Å². The molecule has 1 aliphatic heterocycles. The Bertz CT molecular complexity index is 549. The van der Waals surface area contributed by atoms with Crippen molar-refractivity contribution in [3.8, 4) is 0 Å². The van der Waals surface area contributed by atoms with Crippen LogP contribution in [0, 0.1) is 5.41 Å². The van der Waals surface area contributed by atoms with Crippen LogP contribution >= 0.6 is 12.4 Å². The first kappa shape index (κ1) is 20.9. The maximum absolute atomic E-state index is 12.3. The van der Waals surface area contributed by atoms with Crippen LogP contribution in [0.3, 0.4) is 0 Å². The number of halogens is 1. The van der Waals surface area contributed by atoms with Crippen molar-refractivity contribution in [1.82, 2.24) is 4.90 Å². The van der Waals surface area contributed by atoms with Gasteiger partial charge in [0.25, 0.3) is 0 Å². The number of rotatable bonds is 3. The van der Waals surface area contributed by atoms with Gasteiger partial charge in [0.1, 0.15) is 0 Å².